The Hall–Kier alpha value is -2.89. The van der Waals surface area contributed by atoms with Crippen molar-refractivity contribution in [3.8, 4) is 0 Å². The van der Waals surface area contributed by atoms with Crippen LogP contribution in [0.1, 0.15) is 25.8 Å². The highest BCUT2D eigenvalue weighted by atomic mass is 19.1. The number of hydrogen-bond acceptors (Lipinski definition) is 3. The molecule has 2 amide bonds. The Morgan fingerprint density at radius 2 is 1.59 bits per heavy atom. The third kappa shape index (κ3) is 5.34. The van der Waals surface area contributed by atoms with Crippen LogP contribution < -0.4 is 9.80 Å². The van der Waals surface area contributed by atoms with Gasteiger partial charge in [0, 0.05) is 57.4 Å². The zero-order valence-corrected chi connectivity index (χ0v) is 17.1. The highest BCUT2D eigenvalue weighted by Gasteiger charge is 2.22. The second-order valence-electron chi connectivity index (χ2n) is 7.28. The lowest BCUT2D eigenvalue weighted by molar-refractivity contribution is -0.131. The zero-order chi connectivity index (χ0) is 20.8. The minimum Gasteiger partial charge on any atom is -0.368 e. The minimum atomic E-state index is -0.248. The summed E-state index contributed by atoms with van der Waals surface area (Å²) in [5.41, 5.74) is 3.01. The largest absolute Gasteiger partial charge is 0.368 e. The van der Waals surface area contributed by atoms with Crippen molar-refractivity contribution in [3.63, 3.8) is 0 Å². The van der Waals surface area contributed by atoms with Gasteiger partial charge in [-0.05, 0) is 48.4 Å². The first-order valence-electron chi connectivity index (χ1n) is 10.1. The standard InChI is InChI=1S/C23H28FN3O2/c1-3-19-4-8-22(9-5-19)27(18(2)28)13-12-23(29)26-16-14-25(15-17-26)21-10-6-20(24)7-11-21/h4-11H,3,12-17H2,1-2H3. The van der Waals surface area contributed by atoms with Gasteiger partial charge in [0.1, 0.15) is 5.82 Å². The van der Waals surface area contributed by atoms with Crippen LogP contribution in [0.25, 0.3) is 0 Å². The number of carbonyl (C=O) groups excluding carboxylic acids is 2. The van der Waals surface area contributed by atoms with E-state index in [9.17, 15) is 14.0 Å². The molecule has 2 aromatic carbocycles. The van der Waals surface area contributed by atoms with Crippen LogP contribution in [0, 0.1) is 5.82 Å². The topological polar surface area (TPSA) is 43.9 Å². The molecular weight excluding hydrogens is 369 g/mol. The average Bonchev–Trinajstić information content (AvgIpc) is 2.74. The number of amides is 2. The summed E-state index contributed by atoms with van der Waals surface area (Å²) in [5, 5.41) is 0. The van der Waals surface area contributed by atoms with Crippen LogP contribution in [-0.4, -0.2) is 49.4 Å². The Labute approximate surface area is 171 Å². The van der Waals surface area contributed by atoms with E-state index in [0.29, 0.717) is 39.1 Å². The number of hydrogen-bond donors (Lipinski definition) is 0. The minimum absolute atomic E-state index is 0.0557. The van der Waals surface area contributed by atoms with Crippen molar-refractivity contribution in [3.05, 3.63) is 59.9 Å². The van der Waals surface area contributed by atoms with E-state index in [1.54, 1.807) is 17.0 Å². The molecule has 154 valence electrons. The molecule has 6 heteroatoms. The van der Waals surface area contributed by atoms with Crippen molar-refractivity contribution in [2.45, 2.75) is 26.7 Å². The van der Waals surface area contributed by atoms with Crippen LogP contribution in [-0.2, 0) is 16.0 Å². The number of piperazine rings is 1. The summed E-state index contributed by atoms with van der Waals surface area (Å²) in [5.74, 6) is -0.259. The maximum Gasteiger partial charge on any atom is 0.224 e. The predicted octanol–water partition coefficient (Wildman–Crippen LogP) is 3.48. The number of carbonyl (C=O) groups is 2. The highest BCUT2D eigenvalue weighted by molar-refractivity contribution is 5.92. The first kappa shape index (κ1) is 20.8. The molecule has 0 aromatic heterocycles. The SMILES string of the molecule is CCc1ccc(N(CCC(=O)N2CCN(c3ccc(F)cc3)CC2)C(C)=O)cc1. The van der Waals surface area contributed by atoms with Gasteiger partial charge >= 0.3 is 0 Å². The van der Waals surface area contributed by atoms with Gasteiger partial charge in [0.2, 0.25) is 11.8 Å². The zero-order valence-electron chi connectivity index (χ0n) is 17.1. The van der Waals surface area contributed by atoms with Crippen LogP contribution in [0.2, 0.25) is 0 Å². The van der Waals surface area contributed by atoms with E-state index < -0.39 is 0 Å². The Bertz CT molecular complexity index is 828. The number of benzene rings is 2. The van der Waals surface area contributed by atoms with Crippen LogP contribution in [0.5, 0.6) is 0 Å². The van der Waals surface area contributed by atoms with Crippen molar-refractivity contribution in [2.24, 2.45) is 0 Å². The Morgan fingerprint density at radius 1 is 0.966 bits per heavy atom. The van der Waals surface area contributed by atoms with E-state index in [0.717, 1.165) is 17.8 Å². The molecule has 1 heterocycles. The molecule has 0 N–H and O–H groups in total. The van der Waals surface area contributed by atoms with Crippen LogP contribution in [0.15, 0.2) is 48.5 Å². The first-order chi connectivity index (χ1) is 14.0. The van der Waals surface area contributed by atoms with Gasteiger partial charge in [-0.2, -0.15) is 0 Å². The second-order valence-corrected chi connectivity index (χ2v) is 7.28. The molecular formula is C23H28FN3O2. The number of nitrogens with zero attached hydrogens (tertiary/aromatic N) is 3. The highest BCUT2D eigenvalue weighted by Crippen LogP contribution is 2.19. The fraction of sp³-hybridized carbons (Fsp3) is 0.391. The maximum absolute atomic E-state index is 13.1. The van der Waals surface area contributed by atoms with Crippen molar-refractivity contribution in [1.29, 1.82) is 0 Å². The Balaban J connectivity index is 1.52. The lowest BCUT2D eigenvalue weighted by atomic mass is 10.1. The first-order valence-corrected chi connectivity index (χ1v) is 10.1. The van der Waals surface area contributed by atoms with E-state index in [1.165, 1.54) is 24.6 Å². The van der Waals surface area contributed by atoms with Crippen molar-refractivity contribution >= 4 is 23.2 Å². The third-order valence-corrected chi connectivity index (χ3v) is 5.41. The van der Waals surface area contributed by atoms with Crippen LogP contribution in [0.4, 0.5) is 15.8 Å². The fourth-order valence-corrected chi connectivity index (χ4v) is 3.61. The molecule has 0 radical (unpaired) electrons. The monoisotopic (exact) mass is 397 g/mol. The van der Waals surface area contributed by atoms with Gasteiger partial charge in [-0.25, -0.2) is 4.39 Å². The van der Waals surface area contributed by atoms with Gasteiger partial charge in [0.05, 0.1) is 0 Å². The molecule has 1 aliphatic rings. The van der Waals surface area contributed by atoms with Crippen molar-refractivity contribution in [2.75, 3.05) is 42.5 Å². The van der Waals surface area contributed by atoms with Gasteiger partial charge in [-0.3, -0.25) is 9.59 Å². The van der Waals surface area contributed by atoms with E-state index in [4.69, 9.17) is 0 Å². The van der Waals surface area contributed by atoms with Gasteiger partial charge in [-0.1, -0.05) is 19.1 Å². The van der Waals surface area contributed by atoms with Gasteiger partial charge in [0.25, 0.3) is 0 Å². The Kier molecular flexibility index (Phi) is 6.86. The van der Waals surface area contributed by atoms with E-state index in [-0.39, 0.29) is 17.6 Å². The number of anilines is 2. The van der Waals surface area contributed by atoms with Crippen LogP contribution in [0.3, 0.4) is 0 Å². The summed E-state index contributed by atoms with van der Waals surface area (Å²) >= 11 is 0. The molecule has 29 heavy (non-hydrogen) atoms. The summed E-state index contributed by atoms with van der Waals surface area (Å²) < 4.78 is 13.1. The molecule has 0 bridgehead atoms. The lowest BCUT2D eigenvalue weighted by Crippen LogP contribution is -2.49. The molecule has 0 unspecified atom stereocenters. The molecule has 0 aliphatic carbocycles. The average molecular weight is 397 g/mol. The van der Waals surface area contributed by atoms with Gasteiger partial charge in [-0.15, -0.1) is 0 Å². The number of aryl methyl sites for hydroxylation is 1. The van der Waals surface area contributed by atoms with Gasteiger partial charge in [0.15, 0.2) is 0 Å². The molecule has 0 saturated carbocycles. The van der Waals surface area contributed by atoms with E-state index in [2.05, 4.69) is 11.8 Å². The molecule has 0 spiro atoms. The fourth-order valence-electron chi connectivity index (χ4n) is 3.61. The quantitative estimate of drug-likeness (QED) is 0.750. The van der Waals surface area contributed by atoms with Crippen molar-refractivity contribution in [1.82, 2.24) is 4.90 Å². The molecule has 3 rings (SSSR count). The predicted molar refractivity (Wildman–Crippen MR) is 114 cm³/mol. The lowest BCUT2D eigenvalue weighted by Gasteiger charge is -2.36. The summed E-state index contributed by atoms with van der Waals surface area (Å²) in [6, 6.07) is 14.3. The summed E-state index contributed by atoms with van der Waals surface area (Å²) in [4.78, 5) is 30.4. The smallest absolute Gasteiger partial charge is 0.224 e. The number of rotatable bonds is 6. The molecule has 1 aliphatic heterocycles. The van der Waals surface area contributed by atoms with E-state index >= 15 is 0 Å². The maximum atomic E-state index is 13.1. The summed E-state index contributed by atoms with van der Waals surface area (Å²) in [6.07, 6.45) is 1.24. The summed E-state index contributed by atoms with van der Waals surface area (Å²) in [6.45, 7) is 6.67. The van der Waals surface area contributed by atoms with E-state index in [1.807, 2.05) is 29.2 Å². The molecule has 5 nitrogen and oxygen atoms in total. The molecule has 0 atom stereocenters. The number of halogens is 1. The van der Waals surface area contributed by atoms with Crippen LogP contribution >= 0.6 is 0 Å². The molecule has 2 aromatic rings. The molecule has 1 saturated heterocycles. The van der Waals surface area contributed by atoms with Gasteiger partial charge < -0.3 is 14.7 Å². The molecule has 1 fully saturated rings. The second kappa shape index (κ2) is 9.54. The Morgan fingerprint density at radius 3 is 2.14 bits per heavy atom. The normalized spacial score (nSPS) is 14.0. The third-order valence-electron chi connectivity index (χ3n) is 5.41. The summed E-state index contributed by atoms with van der Waals surface area (Å²) in [7, 11) is 0. The van der Waals surface area contributed by atoms with Crippen molar-refractivity contribution < 1.29 is 14.0 Å².